The van der Waals surface area contributed by atoms with E-state index >= 15 is 0 Å². The quantitative estimate of drug-likeness (QED) is 0.404. The van der Waals surface area contributed by atoms with E-state index in [2.05, 4.69) is 9.97 Å². The van der Waals surface area contributed by atoms with Crippen molar-refractivity contribution < 1.29 is 19.1 Å². The van der Waals surface area contributed by atoms with E-state index in [9.17, 15) is 9.59 Å². The van der Waals surface area contributed by atoms with Gasteiger partial charge in [0.05, 0.1) is 18.4 Å². The van der Waals surface area contributed by atoms with Crippen molar-refractivity contribution in [3.63, 3.8) is 0 Å². The number of anilines is 1. The number of carbonyl (C=O) groups excluding carboxylic acids is 2. The van der Waals surface area contributed by atoms with Crippen LogP contribution < -0.4 is 5.73 Å². The molecule has 9 heteroatoms. The van der Waals surface area contributed by atoms with Gasteiger partial charge < -0.3 is 15.2 Å². The number of benzene rings is 1. The molecule has 0 aliphatic carbocycles. The second-order valence-corrected chi connectivity index (χ2v) is 8.72. The van der Waals surface area contributed by atoms with Crippen LogP contribution >= 0.6 is 23.1 Å². The van der Waals surface area contributed by atoms with Crippen molar-refractivity contribution in [1.82, 2.24) is 9.97 Å². The first-order valence-corrected chi connectivity index (χ1v) is 11.3. The summed E-state index contributed by atoms with van der Waals surface area (Å²) in [7, 11) is 0. The summed E-state index contributed by atoms with van der Waals surface area (Å²) in [6.45, 7) is 5.79. The molecule has 0 bridgehead atoms. The molecule has 0 saturated heterocycles. The fourth-order valence-corrected chi connectivity index (χ4v) is 4.71. The topological polar surface area (TPSA) is 104 Å². The van der Waals surface area contributed by atoms with Crippen molar-refractivity contribution >= 4 is 51.1 Å². The van der Waals surface area contributed by atoms with Crippen LogP contribution in [0.3, 0.4) is 0 Å². The summed E-state index contributed by atoms with van der Waals surface area (Å²) in [4.78, 5) is 34.9. The second-order valence-electron chi connectivity index (χ2n) is 6.55. The predicted molar refractivity (Wildman–Crippen MR) is 119 cm³/mol. The molecule has 0 spiro atoms. The number of hydrogen-bond donors (Lipinski definition) is 1. The maximum atomic E-state index is 12.1. The minimum absolute atomic E-state index is 0.0696. The van der Waals surface area contributed by atoms with Crippen LogP contribution in [0.15, 0.2) is 29.2 Å². The molecule has 0 unspecified atom stereocenters. The van der Waals surface area contributed by atoms with Crippen LogP contribution in [0.4, 0.5) is 5.82 Å². The summed E-state index contributed by atoms with van der Waals surface area (Å²) >= 11 is 2.80. The Hall–Kier alpha value is -2.65. The van der Waals surface area contributed by atoms with Crippen molar-refractivity contribution in [1.29, 1.82) is 0 Å². The van der Waals surface area contributed by atoms with E-state index in [-0.39, 0.29) is 31.4 Å². The zero-order valence-corrected chi connectivity index (χ0v) is 18.7. The van der Waals surface area contributed by atoms with Gasteiger partial charge in [-0.2, -0.15) is 0 Å². The molecule has 30 heavy (non-hydrogen) atoms. The van der Waals surface area contributed by atoms with E-state index < -0.39 is 5.97 Å². The Bertz CT molecular complexity index is 1060. The number of hydrogen-bond acceptors (Lipinski definition) is 9. The lowest BCUT2D eigenvalue weighted by molar-refractivity contribution is -0.144. The van der Waals surface area contributed by atoms with E-state index in [1.807, 2.05) is 31.2 Å². The molecule has 1 aromatic carbocycles. The summed E-state index contributed by atoms with van der Waals surface area (Å²) < 4.78 is 10.4. The Morgan fingerprint density at radius 2 is 1.87 bits per heavy atom. The number of nitrogen functional groups attached to an aromatic ring is 1. The van der Waals surface area contributed by atoms with Crippen LogP contribution in [0, 0.1) is 13.8 Å². The summed E-state index contributed by atoms with van der Waals surface area (Å²) in [5.74, 6) is 0.445. The van der Waals surface area contributed by atoms with Crippen LogP contribution in [-0.2, 0) is 20.9 Å². The first-order valence-electron chi connectivity index (χ1n) is 9.46. The van der Waals surface area contributed by atoms with Gasteiger partial charge >= 0.3 is 11.9 Å². The number of fused-ring (bicyclic) bond motifs is 1. The van der Waals surface area contributed by atoms with Crippen LogP contribution in [0.1, 0.15) is 40.0 Å². The van der Waals surface area contributed by atoms with Gasteiger partial charge in [-0.1, -0.05) is 17.7 Å². The van der Waals surface area contributed by atoms with Gasteiger partial charge in [0.1, 0.15) is 15.5 Å². The van der Waals surface area contributed by atoms with Gasteiger partial charge in [0.25, 0.3) is 0 Å². The Kier molecular flexibility index (Phi) is 7.28. The van der Waals surface area contributed by atoms with Crippen molar-refractivity contribution in [3.8, 4) is 0 Å². The molecule has 0 aliphatic heterocycles. The number of aryl methyl sites for hydroxylation is 2. The first kappa shape index (κ1) is 22.0. The lowest BCUT2D eigenvalue weighted by atomic mass is 10.2. The summed E-state index contributed by atoms with van der Waals surface area (Å²) in [5.41, 5.74) is 7.96. The molecule has 0 saturated carbocycles. The molecule has 0 fully saturated rings. The number of aromatic nitrogens is 2. The number of rotatable bonds is 8. The molecule has 0 aliphatic rings. The normalized spacial score (nSPS) is 10.9. The number of nitrogens with two attached hydrogens (primary N) is 1. The maximum Gasteiger partial charge on any atom is 0.348 e. The molecule has 2 N–H and O–H groups in total. The highest BCUT2D eigenvalue weighted by molar-refractivity contribution is 7.99. The second kappa shape index (κ2) is 9.90. The largest absolute Gasteiger partial charge is 0.462 e. The highest BCUT2D eigenvalue weighted by Crippen LogP contribution is 2.33. The van der Waals surface area contributed by atoms with Crippen LogP contribution in [0.5, 0.6) is 0 Å². The third kappa shape index (κ3) is 5.28. The van der Waals surface area contributed by atoms with Gasteiger partial charge in [0.2, 0.25) is 0 Å². The zero-order valence-electron chi connectivity index (χ0n) is 17.1. The van der Waals surface area contributed by atoms with Gasteiger partial charge in [0.15, 0.2) is 12.4 Å². The van der Waals surface area contributed by atoms with Crippen LogP contribution in [0.25, 0.3) is 10.2 Å². The van der Waals surface area contributed by atoms with Crippen molar-refractivity contribution in [2.75, 3.05) is 18.1 Å². The fraction of sp³-hybridized carbons (Fsp3) is 0.333. The van der Waals surface area contributed by atoms with Gasteiger partial charge in [0, 0.05) is 10.6 Å². The minimum Gasteiger partial charge on any atom is -0.462 e. The Morgan fingerprint density at radius 3 is 2.57 bits per heavy atom. The molecule has 3 rings (SSSR count). The average Bonchev–Trinajstić information content (AvgIpc) is 3.05. The summed E-state index contributed by atoms with van der Waals surface area (Å²) in [6, 6.07) is 8.14. The van der Waals surface area contributed by atoms with Gasteiger partial charge in [-0.3, -0.25) is 4.79 Å². The fourth-order valence-electron chi connectivity index (χ4n) is 2.78. The lowest BCUT2D eigenvalue weighted by Gasteiger charge is -2.06. The molecule has 158 valence electrons. The van der Waals surface area contributed by atoms with Crippen LogP contribution in [0.2, 0.25) is 0 Å². The van der Waals surface area contributed by atoms with E-state index in [1.165, 1.54) is 16.9 Å². The highest BCUT2D eigenvalue weighted by atomic mass is 32.2. The van der Waals surface area contributed by atoms with Gasteiger partial charge in [-0.15, -0.1) is 23.1 Å². The zero-order chi connectivity index (χ0) is 21.7. The molecule has 0 amide bonds. The molecule has 0 atom stereocenters. The van der Waals surface area contributed by atoms with E-state index in [4.69, 9.17) is 15.2 Å². The van der Waals surface area contributed by atoms with E-state index in [1.54, 1.807) is 25.6 Å². The number of nitrogens with zero attached hydrogens (tertiary/aromatic N) is 2. The van der Waals surface area contributed by atoms with E-state index in [0.717, 1.165) is 4.90 Å². The monoisotopic (exact) mass is 445 g/mol. The summed E-state index contributed by atoms with van der Waals surface area (Å²) in [6.07, 6.45) is 0.279. The molecule has 2 heterocycles. The van der Waals surface area contributed by atoms with Crippen LogP contribution in [-0.4, -0.2) is 34.3 Å². The Morgan fingerprint density at radius 1 is 1.13 bits per heavy atom. The molecule has 0 radical (unpaired) electrons. The Labute approximate surface area is 183 Å². The van der Waals surface area contributed by atoms with Crippen molar-refractivity contribution in [3.05, 3.63) is 46.1 Å². The first-order chi connectivity index (χ1) is 14.4. The number of ether oxygens (including phenoxy) is 2. The molecular weight excluding hydrogens is 422 g/mol. The molecule has 2 aromatic heterocycles. The average molecular weight is 446 g/mol. The number of carbonyl (C=O) groups is 2. The lowest BCUT2D eigenvalue weighted by Crippen LogP contribution is -2.09. The molecular formula is C21H23N3O4S2. The third-order valence-electron chi connectivity index (χ3n) is 4.28. The SMILES string of the molecule is CCOC(=O)c1sc2nc(COC(=O)CCSc3ccc(C)cc3)nc(N)c2c1C. The van der Waals surface area contributed by atoms with E-state index in [0.29, 0.717) is 32.2 Å². The van der Waals surface area contributed by atoms with Crippen molar-refractivity contribution in [2.45, 2.75) is 38.7 Å². The Balaban J connectivity index is 1.59. The number of thioether (sulfide) groups is 1. The third-order valence-corrected chi connectivity index (χ3v) is 6.46. The smallest absolute Gasteiger partial charge is 0.348 e. The molecule has 7 nitrogen and oxygen atoms in total. The van der Waals surface area contributed by atoms with Crippen molar-refractivity contribution in [2.24, 2.45) is 0 Å². The van der Waals surface area contributed by atoms with Gasteiger partial charge in [-0.05, 0) is 38.5 Å². The molecule has 3 aromatic rings. The summed E-state index contributed by atoms with van der Waals surface area (Å²) in [5, 5.41) is 0.632. The number of thiophene rings is 1. The minimum atomic E-state index is -0.406. The number of esters is 2. The highest BCUT2D eigenvalue weighted by Gasteiger charge is 2.20. The van der Waals surface area contributed by atoms with Gasteiger partial charge in [-0.25, -0.2) is 14.8 Å². The maximum absolute atomic E-state index is 12.1. The standard InChI is InChI=1S/C21H23N3O4S2/c1-4-27-21(26)18-13(3)17-19(22)23-15(24-20(17)30-18)11-28-16(25)9-10-29-14-7-5-12(2)6-8-14/h5-8H,4,9-11H2,1-3H3,(H2,22,23,24). The predicted octanol–water partition coefficient (Wildman–Crippen LogP) is 4.29.